The van der Waals surface area contributed by atoms with Gasteiger partial charge in [-0.25, -0.2) is 0 Å². The van der Waals surface area contributed by atoms with Crippen LogP contribution < -0.4 is 10.1 Å². The normalized spacial score (nSPS) is 10.5. The summed E-state index contributed by atoms with van der Waals surface area (Å²) in [5.41, 5.74) is 1.35. The van der Waals surface area contributed by atoms with Gasteiger partial charge >= 0.3 is 0 Å². The summed E-state index contributed by atoms with van der Waals surface area (Å²) in [5, 5.41) is 7.49. The Kier molecular flexibility index (Phi) is 5.57. The summed E-state index contributed by atoms with van der Waals surface area (Å²) >= 11 is 7.19. The fourth-order valence-corrected chi connectivity index (χ4v) is 2.75. The van der Waals surface area contributed by atoms with Gasteiger partial charge in [-0.2, -0.15) is 4.98 Å². The number of thioether (sulfide) groups is 1. The van der Waals surface area contributed by atoms with Crippen LogP contribution in [0.2, 0.25) is 5.02 Å². The topological polar surface area (TPSA) is 77.2 Å². The molecule has 6 nitrogen and oxygen atoms in total. The Hall–Kier alpha value is -2.51. The van der Waals surface area contributed by atoms with Gasteiger partial charge in [0, 0.05) is 5.56 Å². The Morgan fingerprint density at radius 2 is 2.00 bits per heavy atom. The van der Waals surface area contributed by atoms with Crippen LogP contribution in [0.4, 0.5) is 5.69 Å². The highest BCUT2D eigenvalue weighted by Gasteiger charge is 2.12. The molecule has 0 atom stereocenters. The van der Waals surface area contributed by atoms with Gasteiger partial charge in [-0.1, -0.05) is 35.5 Å². The van der Waals surface area contributed by atoms with Gasteiger partial charge in [0.15, 0.2) is 0 Å². The summed E-state index contributed by atoms with van der Waals surface area (Å²) in [6, 6.07) is 14.3. The van der Waals surface area contributed by atoms with Crippen LogP contribution in [-0.4, -0.2) is 28.9 Å². The summed E-state index contributed by atoms with van der Waals surface area (Å²) in [4.78, 5) is 16.3. The molecule has 0 aliphatic carbocycles. The molecule has 128 valence electrons. The summed E-state index contributed by atoms with van der Waals surface area (Å²) in [6.07, 6.45) is 0. The Balaban J connectivity index is 1.58. The number of carbonyl (C=O) groups is 1. The molecule has 0 aliphatic heterocycles. The van der Waals surface area contributed by atoms with Crippen LogP contribution in [-0.2, 0) is 4.79 Å². The van der Waals surface area contributed by atoms with Gasteiger partial charge in [-0.05, 0) is 41.6 Å². The van der Waals surface area contributed by atoms with Crippen LogP contribution in [0.3, 0.4) is 0 Å². The number of nitrogens with zero attached hydrogens (tertiary/aromatic N) is 2. The number of para-hydroxylation sites is 1. The molecule has 3 rings (SSSR count). The predicted molar refractivity (Wildman–Crippen MR) is 97.1 cm³/mol. The molecule has 0 bridgehead atoms. The Morgan fingerprint density at radius 3 is 2.72 bits per heavy atom. The zero-order chi connectivity index (χ0) is 17.6. The van der Waals surface area contributed by atoms with Crippen molar-refractivity contribution in [1.82, 2.24) is 10.1 Å². The lowest BCUT2D eigenvalue weighted by Crippen LogP contribution is -2.14. The van der Waals surface area contributed by atoms with E-state index in [2.05, 4.69) is 15.5 Å². The van der Waals surface area contributed by atoms with Crippen LogP contribution >= 0.6 is 23.4 Å². The highest BCUT2D eigenvalue weighted by Crippen LogP contribution is 2.24. The zero-order valence-corrected chi connectivity index (χ0v) is 14.8. The largest absolute Gasteiger partial charge is 0.497 e. The minimum absolute atomic E-state index is 0.146. The molecule has 1 aromatic heterocycles. The number of hydrogen-bond donors (Lipinski definition) is 1. The highest BCUT2D eigenvalue weighted by molar-refractivity contribution is 7.99. The molecule has 1 amide bonds. The summed E-state index contributed by atoms with van der Waals surface area (Å²) < 4.78 is 10.3. The van der Waals surface area contributed by atoms with Gasteiger partial charge in [-0.3, -0.25) is 4.79 Å². The zero-order valence-electron chi connectivity index (χ0n) is 13.2. The molecule has 0 saturated heterocycles. The lowest BCUT2D eigenvalue weighted by atomic mass is 10.2. The van der Waals surface area contributed by atoms with E-state index >= 15 is 0 Å². The summed E-state index contributed by atoms with van der Waals surface area (Å²) in [6.45, 7) is 0. The maximum atomic E-state index is 12.0. The highest BCUT2D eigenvalue weighted by atomic mass is 35.5. The van der Waals surface area contributed by atoms with Gasteiger partial charge in [0.25, 0.3) is 5.89 Å². The fourth-order valence-electron chi connectivity index (χ4n) is 2.00. The van der Waals surface area contributed by atoms with Crippen molar-refractivity contribution < 1.29 is 14.1 Å². The third kappa shape index (κ3) is 4.52. The molecule has 3 aromatic rings. The monoisotopic (exact) mass is 375 g/mol. The third-order valence-electron chi connectivity index (χ3n) is 3.22. The third-order valence-corrected chi connectivity index (χ3v) is 4.38. The second-order valence-corrected chi connectivity index (χ2v) is 6.28. The minimum atomic E-state index is -0.200. The average Bonchev–Trinajstić information content (AvgIpc) is 3.11. The number of amides is 1. The summed E-state index contributed by atoms with van der Waals surface area (Å²) in [7, 11) is 1.60. The standard InChI is InChI=1S/C17H14ClN3O3S/c1-23-12-8-6-11(7-9-12)16-20-17(21-24-16)25-10-15(22)19-14-5-3-2-4-13(14)18/h2-9H,10H2,1H3,(H,19,22). The molecular weight excluding hydrogens is 362 g/mol. The number of nitrogens with one attached hydrogen (secondary N) is 1. The van der Waals surface area contributed by atoms with Crippen LogP contribution in [0.25, 0.3) is 11.5 Å². The number of anilines is 1. The Bertz CT molecular complexity index is 868. The second-order valence-electron chi connectivity index (χ2n) is 4.93. The van der Waals surface area contributed by atoms with E-state index < -0.39 is 0 Å². The lowest BCUT2D eigenvalue weighted by molar-refractivity contribution is -0.113. The van der Waals surface area contributed by atoms with E-state index in [1.165, 1.54) is 11.8 Å². The molecule has 25 heavy (non-hydrogen) atoms. The quantitative estimate of drug-likeness (QED) is 0.653. The van der Waals surface area contributed by atoms with E-state index in [0.717, 1.165) is 11.3 Å². The molecule has 0 fully saturated rings. The smallest absolute Gasteiger partial charge is 0.258 e. The van der Waals surface area contributed by atoms with Gasteiger partial charge in [0.2, 0.25) is 11.1 Å². The summed E-state index contributed by atoms with van der Waals surface area (Å²) in [5.74, 6) is 1.08. The number of methoxy groups -OCH3 is 1. The number of hydrogen-bond acceptors (Lipinski definition) is 6. The SMILES string of the molecule is COc1ccc(-c2nc(SCC(=O)Nc3ccccc3Cl)no2)cc1. The molecule has 1 N–H and O–H groups in total. The number of benzene rings is 2. The molecular formula is C17H14ClN3O3S. The van der Waals surface area contributed by atoms with Gasteiger partial charge in [0.1, 0.15) is 5.75 Å². The van der Waals surface area contributed by atoms with Crippen molar-refractivity contribution in [3.8, 4) is 17.2 Å². The van der Waals surface area contributed by atoms with Crippen molar-refractivity contribution in [2.45, 2.75) is 5.16 Å². The number of ether oxygens (including phenoxy) is 1. The van der Waals surface area contributed by atoms with Crippen LogP contribution in [0, 0.1) is 0 Å². The fraction of sp³-hybridized carbons (Fsp3) is 0.118. The molecule has 0 aliphatic rings. The van der Waals surface area contributed by atoms with Crippen molar-refractivity contribution in [1.29, 1.82) is 0 Å². The molecule has 2 aromatic carbocycles. The van der Waals surface area contributed by atoms with Crippen LogP contribution in [0.5, 0.6) is 5.75 Å². The van der Waals surface area contributed by atoms with E-state index in [0.29, 0.717) is 21.8 Å². The molecule has 0 unspecified atom stereocenters. The molecule has 0 spiro atoms. The van der Waals surface area contributed by atoms with Crippen LogP contribution in [0.1, 0.15) is 0 Å². The first-order valence-corrected chi connectivity index (χ1v) is 8.67. The van der Waals surface area contributed by atoms with Crippen molar-refractivity contribution in [2.24, 2.45) is 0 Å². The van der Waals surface area contributed by atoms with E-state index in [1.807, 2.05) is 24.3 Å². The molecule has 0 radical (unpaired) electrons. The van der Waals surface area contributed by atoms with Crippen molar-refractivity contribution in [3.63, 3.8) is 0 Å². The van der Waals surface area contributed by atoms with Gasteiger partial charge in [0.05, 0.1) is 23.6 Å². The average molecular weight is 376 g/mol. The van der Waals surface area contributed by atoms with E-state index in [-0.39, 0.29) is 11.7 Å². The van der Waals surface area contributed by atoms with Crippen molar-refractivity contribution in [2.75, 3.05) is 18.2 Å². The lowest BCUT2D eigenvalue weighted by Gasteiger charge is -2.05. The van der Waals surface area contributed by atoms with E-state index in [1.54, 1.807) is 31.4 Å². The Morgan fingerprint density at radius 1 is 1.24 bits per heavy atom. The van der Waals surface area contributed by atoms with E-state index in [4.69, 9.17) is 20.9 Å². The number of aromatic nitrogens is 2. The maximum Gasteiger partial charge on any atom is 0.258 e. The number of halogens is 1. The minimum Gasteiger partial charge on any atom is -0.497 e. The van der Waals surface area contributed by atoms with Crippen LogP contribution in [0.15, 0.2) is 58.2 Å². The van der Waals surface area contributed by atoms with Crippen molar-refractivity contribution >= 4 is 35.0 Å². The molecule has 1 heterocycles. The predicted octanol–water partition coefficient (Wildman–Crippen LogP) is 4.13. The Labute approximate surface area is 153 Å². The first-order chi connectivity index (χ1) is 12.2. The van der Waals surface area contributed by atoms with Gasteiger partial charge in [-0.15, -0.1) is 0 Å². The number of carbonyl (C=O) groups excluding carboxylic acids is 1. The number of rotatable bonds is 6. The van der Waals surface area contributed by atoms with Gasteiger partial charge < -0.3 is 14.6 Å². The first kappa shape index (κ1) is 17.3. The molecule has 0 saturated carbocycles. The molecule has 8 heteroatoms. The van der Waals surface area contributed by atoms with E-state index in [9.17, 15) is 4.79 Å². The maximum absolute atomic E-state index is 12.0. The second kappa shape index (κ2) is 8.04. The van der Waals surface area contributed by atoms with Crippen molar-refractivity contribution in [3.05, 3.63) is 53.6 Å². The first-order valence-electron chi connectivity index (χ1n) is 7.31.